The molecule has 0 radical (unpaired) electrons. The van der Waals surface area contributed by atoms with Crippen molar-refractivity contribution in [3.05, 3.63) is 76.9 Å². The van der Waals surface area contributed by atoms with E-state index in [1.165, 1.54) is 28.0 Å². The van der Waals surface area contributed by atoms with Crippen LogP contribution in [0.3, 0.4) is 0 Å². The summed E-state index contributed by atoms with van der Waals surface area (Å²) in [6.45, 7) is 4.25. The highest BCUT2D eigenvalue weighted by Gasteiger charge is 2.19. The summed E-state index contributed by atoms with van der Waals surface area (Å²) in [6, 6.07) is 19.7. The van der Waals surface area contributed by atoms with E-state index in [0.717, 1.165) is 12.8 Å². The molecule has 1 aliphatic rings. The number of nitrogens with zero attached hydrogens (tertiary/aromatic N) is 1. The summed E-state index contributed by atoms with van der Waals surface area (Å²) in [5.74, 6) is 0. The van der Waals surface area contributed by atoms with Crippen molar-refractivity contribution in [1.29, 1.82) is 0 Å². The molecule has 0 N–H and O–H groups in total. The number of hydrogen-bond donors (Lipinski definition) is 0. The van der Waals surface area contributed by atoms with Gasteiger partial charge >= 0.3 is 0 Å². The van der Waals surface area contributed by atoms with E-state index in [4.69, 9.17) is 4.99 Å². The molecule has 1 heteroatoms. The first kappa shape index (κ1) is 13.8. The van der Waals surface area contributed by atoms with Gasteiger partial charge < -0.3 is 0 Å². The summed E-state index contributed by atoms with van der Waals surface area (Å²) < 4.78 is 0. The van der Waals surface area contributed by atoms with Gasteiger partial charge in [0.05, 0.1) is 6.04 Å². The van der Waals surface area contributed by atoms with Gasteiger partial charge in [0.1, 0.15) is 0 Å². The lowest BCUT2D eigenvalue weighted by Gasteiger charge is -2.07. The van der Waals surface area contributed by atoms with Crippen LogP contribution in [0.1, 0.15) is 49.4 Å². The number of aliphatic imine (C=N–C) groups is 1. The molecule has 1 heterocycles. The van der Waals surface area contributed by atoms with Crippen LogP contribution in [0.4, 0.5) is 0 Å². The van der Waals surface area contributed by atoms with Crippen molar-refractivity contribution in [2.75, 3.05) is 0 Å². The molecule has 0 aliphatic carbocycles. The van der Waals surface area contributed by atoms with E-state index in [9.17, 15) is 0 Å². The average Bonchev–Trinajstić information content (AvgIpc) is 2.98. The van der Waals surface area contributed by atoms with Crippen LogP contribution in [0.5, 0.6) is 0 Å². The molecule has 0 fully saturated rings. The Labute approximate surface area is 127 Å². The molecule has 2 aromatic rings. The summed E-state index contributed by atoms with van der Waals surface area (Å²) in [5, 5.41) is 0. The van der Waals surface area contributed by atoms with Crippen molar-refractivity contribution in [2.45, 2.75) is 32.7 Å². The first-order valence-corrected chi connectivity index (χ1v) is 7.59. The normalized spacial score (nSPS) is 17.4. The maximum atomic E-state index is 4.92. The predicted octanol–water partition coefficient (Wildman–Crippen LogP) is 5.43. The fourth-order valence-electron chi connectivity index (χ4n) is 2.83. The molecule has 2 aromatic carbocycles. The van der Waals surface area contributed by atoms with E-state index in [-0.39, 0.29) is 0 Å². The molecular weight excluding hydrogens is 254 g/mol. The maximum Gasteiger partial charge on any atom is 0.0756 e. The molecule has 0 spiro atoms. The minimum absolute atomic E-state index is 0.320. The van der Waals surface area contributed by atoms with Crippen molar-refractivity contribution in [3.63, 3.8) is 0 Å². The van der Waals surface area contributed by atoms with Crippen LogP contribution in [0.25, 0.3) is 6.08 Å². The van der Waals surface area contributed by atoms with Crippen molar-refractivity contribution >= 4 is 11.8 Å². The molecule has 21 heavy (non-hydrogen) atoms. The lowest BCUT2D eigenvalue weighted by Crippen LogP contribution is -1.94. The van der Waals surface area contributed by atoms with Crippen LogP contribution in [0.15, 0.2) is 65.2 Å². The third kappa shape index (κ3) is 3.30. The first-order chi connectivity index (χ1) is 10.2. The highest BCUT2D eigenvalue weighted by Crippen LogP contribution is 2.31. The maximum absolute atomic E-state index is 4.92. The van der Waals surface area contributed by atoms with Crippen molar-refractivity contribution in [2.24, 2.45) is 4.99 Å². The topological polar surface area (TPSA) is 12.4 Å². The third-order valence-electron chi connectivity index (χ3n) is 3.85. The predicted molar refractivity (Wildman–Crippen MR) is 90.7 cm³/mol. The minimum Gasteiger partial charge on any atom is -0.281 e. The molecule has 0 amide bonds. The fraction of sp³-hybridized carbons (Fsp3) is 0.250. The van der Waals surface area contributed by atoms with Crippen LogP contribution in [-0.4, -0.2) is 5.71 Å². The van der Waals surface area contributed by atoms with Gasteiger partial charge in [0.15, 0.2) is 0 Å². The van der Waals surface area contributed by atoms with E-state index in [1.807, 2.05) is 0 Å². The minimum atomic E-state index is 0.320. The highest BCUT2D eigenvalue weighted by atomic mass is 14.8. The molecule has 106 valence electrons. The zero-order chi connectivity index (χ0) is 14.7. The van der Waals surface area contributed by atoms with Crippen LogP contribution >= 0.6 is 0 Å². The van der Waals surface area contributed by atoms with E-state index in [0.29, 0.717) is 6.04 Å². The largest absolute Gasteiger partial charge is 0.281 e. The lowest BCUT2D eigenvalue weighted by atomic mass is 10.0. The summed E-state index contributed by atoms with van der Waals surface area (Å²) in [5.41, 5.74) is 6.43. The smallest absolute Gasteiger partial charge is 0.0756 e. The standard InChI is InChI=1S/C20H21N/c1-15(2)14-16-8-10-18(11-9-16)20-13-12-19(21-20)17-6-4-3-5-7-17/h3-11,14,20H,12-13H2,1-2H3. The molecule has 0 aromatic heterocycles. The number of rotatable bonds is 3. The molecule has 0 saturated heterocycles. The van der Waals surface area contributed by atoms with Crippen molar-refractivity contribution < 1.29 is 0 Å². The van der Waals surface area contributed by atoms with Gasteiger partial charge in [-0.05, 0) is 43.4 Å². The Morgan fingerprint density at radius 1 is 1.00 bits per heavy atom. The van der Waals surface area contributed by atoms with Crippen LogP contribution in [0, 0.1) is 0 Å². The van der Waals surface area contributed by atoms with Crippen LogP contribution < -0.4 is 0 Å². The van der Waals surface area contributed by atoms with E-state index in [1.54, 1.807) is 0 Å². The van der Waals surface area contributed by atoms with Gasteiger partial charge in [-0.15, -0.1) is 0 Å². The first-order valence-electron chi connectivity index (χ1n) is 7.59. The number of hydrogen-bond acceptors (Lipinski definition) is 1. The Bertz CT molecular complexity index is 659. The van der Waals surface area contributed by atoms with Gasteiger partial charge in [0, 0.05) is 5.71 Å². The second-order valence-electron chi connectivity index (χ2n) is 5.88. The molecule has 3 rings (SSSR count). The van der Waals surface area contributed by atoms with Gasteiger partial charge in [-0.3, -0.25) is 4.99 Å². The van der Waals surface area contributed by atoms with Gasteiger partial charge in [-0.1, -0.05) is 66.2 Å². The lowest BCUT2D eigenvalue weighted by molar-refractivity contribution is 0.723. The van der Waals surface area contributed by atoms with Crippen LogP contribution in [0.2, 0.25) is 0 Å². The Kier molecular flexibility index (Phi) is 4.01. The van der Waals surface area contributed by atoms with Gasteiger partial charge in [-0.25, -0.2) is 0 Å². The Morgan fingerprint density at radius 2 is 1.71 bits per heavy atom. The number of benzene rings is 2. The molecule has 0 saturated carbocycles. The molecule has 1 nitrogen and oxygen atoms in total. The summed E-state index contributed by atoms with van der Waals surface area (Å²) >= 11 is 0. The fourth-order valence-corrected chi connectivity index (χ4v) is 2.83. The van der Waals surface area contributed by atoms with Gasteiger partial charge in [0.25, 0.3) is 0 Å². The molecule has 1 atom stereocenters. The monoisotopic (exact) mass is 275 g/mol. The molecule has 1 unspecified atom stereocenters. The van der Waals surface area contributed by atoms with Crippen LogP contribution in [-0.2, 0) is 0 Å². The summed E-state index contributed by atoms with van der Waals surface area (Å²) in [7, 11) is 0. The highest BCUT2D eigenvalue weighted by molar-refractivity contribution is 6.01. The second-order valence-corrected chi connectivity index (χ2v) is 5.88. The molecule has 0 bridgehead atoms. The SMILES string of the molecule is CC(C)=Cc1ccc(C2CCC(c3ccccc3)=N2)cc1. The third-order valence-corrected chi connectivity index (χ3v) is 3.85. The second kappa shape index (κ2) is 6.09. The molecular formula is C20H21N. The van der Waals surface area contributed by atoms with Gasteiger partial charge in [0.2, 0.25) is 0 Å². The van der Waals surface area contributed by atoms with E-state index in [2.05, 4.69) is 74.5 Å². The Morgan fingerprint density at radius 3 is 2.38 bits per heavy atom. The van der Waals surface area contributed by atoms with E-state index < -0.39 is 0 Å². The van der Waals surface area contributed by atoms with E-state index >= 15 is 0 Å². The Balaban J connectivity index is 1.79. The summed E-state index contributed by atoms with van der Waals surface area (Å²) in [4.78, 5) is 4.92. The molecule has 1 aliphatic heterocycles. The van der Waals surface area contributed by atoms with Crippen molar-refractivity contribution in [1.82, 2.24) is 0 Å². The zero-order valence-corrected chi connectivity index (χ0v) is 12.7. The van der Waals surface area contributed by atoms with Gasteiger partial charge in [-0.2, -0.15) is 0 Å². The quantitative estimate of drug-likeness (QED) is 0.708. The zero-order valence-electron chi connectivity index (χ0n) is 12.7. The Hall–Kier alpha value is -2.15. The van der Waals surface area contributed by atoms with Crippen molar-refractivity contribution in [3.8, 4) is 0 Å². The summed E-state index contributed by atoms with van der Waals surface area (Å²) in [6.07, 6.45) is 4.40. The number of allylic oxidation sites excluding steroid dienone is 1. The average molecular weight is 275 g/mol.